The molecule has 1 aliphatic rings. The summed E-state index contributed by atoms with van der Waals surface area (Å²) < 4.78 is 32.2. The fraction of sp³-hybridized carbons (Fsp3) is 0.692. The van der Waals surface area contributed by atoms with Crippen molar-refractivity contribution < 1.29 is 43.0 Å². The third-order valence-electron chi connectivity index (χ3n) is 3.61. The molecule has 0 amide bonds. The summed E-state index contributed by atoms with van der Waals surface area (Å²) in [7, 11) is -4.29. The molecule has 0 radical (unpaired) electrons. The van der Waals surface area contributed by atoms with Crippen molar-refractivity contribution in [2.75, 3.05) is 25.6 Å². The summed E-state index contributed by atoms with van der Waals surface area (Å²) in [5.74, 6) is -0.863. The summed E-state index contributed by atoms with van der Waals surface area (Å²) in [4.78, 5) is 25.0. The molecule has 0 aliphatic carbocycles. The lowest BCUT2D eigenvalue weighted by Gasteiger charge is -2.18. The molecule has 26 heavy (non-hydrogen) atoms. The molecule has 0 saturated carbocycles. The molecule has 12 nitrogen and oxygen atoms in total. The zero-order valence-corrected chi connectivity index (χ0v) is 15.1. The molecule has 1 aromatic rings. The predicted molar refractivity (Wildman–Crippen MR) is 85.9 cm³/mol. The number of phosphoric ester groups is 1. The van der Waals surface area contributed by atoms with Crippen LogP contribution < -0.4 is 5.73 Å². The number of aromatic nitrogens is 2. The van der Waals surface area contributed by atoms with Crippen LogP contribution in [-0.4, -0.2) is 68.8 Å². The molecule has 1 unspecified atom stereocenters. The average molecular weight is 395 g/mol. The number of aliphatic hydroxyl groups is 2. The molecule has 1 fully saturated rings. The standard InChI is InChI=1S/C13H22N3O9P/c1-3-22-13(19)8-11(14)16(6-15-8)12-10(18)9(17)7(25-12)5-24-26(20,21)23-4-2/h6-7,9-10,12,17-18H,3-5,14H2,1-2H3,(H,20,21)/t7-,9-,10-,12-/m1/s1. The Labute approximate surface area is 149 Å². The molecule has 0 aromatic carbocycles. The van der Waals surface area contributed by atoms with Gasteiger partial charge in [-0.2, -0.15) is 0 Å². The number of hydrogen-bond acceptors (Lipinski definition) is 10. The molecule has 2 heterocycles. The summed E-state index contributed by atoms with van der Waals surface area (Å²) >= 11 is 0. The summed E-state index contributed by atoms with van der Waals surface area (Å²) in [6.07, 6.45) is -4.04. The van der Waals surface area contributed by atoms with Crippen LogP contribution in [0.4, 0.5) is 5.82 Å². The molecule has 0 spiro atoms. The van der Waals surface area contributed by atoms with Crippen molar-refractivity contribution in [3.63, 3.8) is 0 Å². The Morgan fingerprint density at radius 1 is 1.35 bits per heavy atom. The second kappa shape index (κ2) is 8.44. The Hall–Kier alpha value is -1.53. The zero-order valence-electron chi connectivity index (χ0n) is 14.2. The van der Waals surface area contributed by atoms with E-state index < -0.39 is 44.9 Å². The van der Waals surface area contributed by atoms with E-state index in [1.165, 1.54) is 6.92 Å². The molecule has 2 rings (SSSR count). The van der Waals surface area contributed by atoms with Crippen LogP contribution in [0.15, 0.2) is 6.33 Å². The summed E-state index contributed by atoms with van der Waals surface area (Å²) in [5.41, 5.74) is 5.68. The molecule has 0 bridgehead atoms. The minimum Gasteiger partial charge on any atom is -0.461 e. The Morgan fingerprint density at radius 3 is 2.65 bits per heavy atom. The van der Waals surface area contributed by atoms with Gasteiger partial charge in [-0.15, -0.1) is 0 Å². The Bertz CT molecular complexity index is 682. The van der Waals surface area contributed by atoms with E-state index in [4.69, 9.17) is 19.7 Å². The first-order valence-corrected chi connectivity index (χ1v) is 9.34. The molecule has 13 heteroatoms. The van der Waals surface area contributed by atoms with Crippen molar-refractivity contribution in [1.29, 1.82) is 0 Å². The molecular weight excluding hydrogens is 373 g/mol. The molecule has 1 saturated heterocycles. The molecule has 5 N–H and O–H groups in total. The van der Waals surface area contributed by atoms with Crippen LogP contribution in [0.1, 0.15) is 30.6 Å². The number of imidazole rings is 1. The van der Waals surface area contributed by atoms with Gasteiger partial charge in [-0.25, -0.2) is 14.3 Å². The summed E-state index contributed by atoms with van der Waals surface area (Å²) in [5, 5.41) is 20.2. The van der Waals surface area contributed by atoms with Crippen molar-refractivity contribution >= 4 is 19.6 Å². The maximum atomic E-state index is 11.8. The van der Waals surface area contributed by atoms with Crippen molar-refractivity contribution in [2.24, 2.45) is 0 Å². The zero-order chi connectivity index (χ0) is 19.5. The number of nitrogens with two attached hydrogens (primary N) is 1. The number of hydrogen-bond donors (Lipinski definition) is 4. The largest absolute Gasteiger partial charge is 0.472 e. The topological polar surface area (TPSA) is 176 Å². The maximum Gasteiger partial charge on any atom is 0.472 e. The lowest BCUT2D eigenvalue weighted by atomic mass is 10.1. The minimum atomic E-state index is -4.29. The number of ether oxygens (including phenoxy) is 2. The van der Waals surface area contributed by atoms with Crippen LogP contribution in [0.2, 0.25) is 0 Å². The van der Waals surface area contributed by atoms with Gasteiger partial charge in [0.25, 0.3) is 0 Å². The van der Waals surface area contributed by atoms with Gasteiger partial charge in [0.1, 0.15) is 24.1 Å². The fourth-order valence-corrected chi connectivity index (χ4v) is 3.13. The van der Waals surface area contributed by atoms with Crippen molar-refractivity contribution in [1.82, 2.24) is 9.55 Å². The highest BCUT2D eigenvalue weighted by molar-refractivity contribution is 7.47. The van der Waals surface area contributed by atoms with Crippen LogP contribution in [0.25, 0.3) is 0 Å². The summed E-state index contributed by atoms with van der Waals surface area (Å²) in [6, 6.07) is 0. The van der Waals surface area contributed by atoms with Gasteiger partial charge in [0, 0.05) is 0 Å². The number of rotatable bonds is 8. The van der Waals surface area contributed by atoms with E-state index in [1.807, 2.05) is 0 Å². The molecule has 148 valence electrons. The quantitative estimate of drug-likeness (QED) is 0.327. The van der Waals surface area contributed by atoms with E-state index in [0.29, 0.717) is 0 Å². The minimum absolute atomic E-state index is 0.0463. The van der Waals surface area contributed by atoms with Gasteiger partial charge in [-0.05, 0) is 13.8 Å². The average Bonchev–Trinajstić information content (AvgIpc) is 3.07. The van der Waals surface area contributed by atoms with Crippen LogP contribution in [0, 0.1) is 0 Å². The molecular formula is C13H22N3O9P. The Balaban J connectivity index is 2.10. The van der Waals surface area contributed by atoms with Gasteiger partial charge in [0.2, 0.25) is 0 Å². The highest BCUT2D eigenvalue weighted by Gasteiger charge is 2.45. The van der Waals surface area contributed by atoms with E-state index >= 15 is 0 Å². The monoisotopic (exact) mass is 395 g/mol. The molecule has 5 atom stereocenters. The van der Waals surface area contributed by atoms with Gasteiger partial charge in [-0.1, -0.05) is 0 Å². The maximum absolute atomic E-state index is 11.8. The van der Waals surface area contributed by atoms with Crippen molar-refractivity contribution in [2.45, 2.75) is 38.4 Å². The normalized spacial score (nSPS) is 28.0. The number of nitrogen functional groups attached to an aromatic ring is 1. The SMILES string of the molecule is CCOC(=O)c1ncn([C@@H]2O[C@H](COP(=O)(O)OCC)[C@@H](O)[C@H]2O)c1N. The van der Waals surface area contributed by atoms with Crippen LogP contribution in [-0.2, 0) is 23.1 Å². The highest BCUT2D eigenvalue weighted by Crippen LogP contribution is 2.44. The Kier molecular flexibility index (Phi) is 6.74. The number of nitrogens with zero attached hydrogens (tertiary/aromatic N) is 2. The van der Waals surface area contributed by atoms with Crippen LogP contribution >= 0.6 is 7.82 Å². The van der Waals surface area contributed by atoms with E-state index in [0.717, 1.165) is 10.9 Å². The van der Waals surface area contributed by atoms with Crippen LogP contribution in [0.5, 0.6) is 0 Å². The van der Waals surface area contributed by atoms with Crippen LogP contribution in [0.3, 0.4) is 0 Å². The van der Waals surface area contributed by atoms with Gasteiger partial charge < -0.3 is 30.3 Å². The molecule has 1 aliphatic heterocycles. The molecule has 1 aromatic heterocycles. The van der Waals surface area contributed by atoms with E-state index in [2.05, 4.69) is 9.51 Å². The second-order valence-electron chi connectivity index (χ2n) is 5.33. The fourth-order valence-electron chi connectivity index (χ4n) is 2.39. The number of carbonyl (C=O) groups excluding carboxylic acids is 1. The lowest BCUT2D eigenvalue weighted by molar-refractivity contribution is -0.0520. The number of anilines is 1. The van der Waals surface area contributed by atoms with E-state index in [9.17, 15) is 24.5 Å². The van der Waals surface area contributed by atoms with E-state index in [1.54, 1.807) is 6.92 Å². The highest BCUT2D eigenvalue weighted by atomic mass is 31.2. The lowest BCUT2D eigenvalue weighted by Crippen LogP contribution is -2.33. The number of aliphatic hydroxyl groups excluding tert-OH is 2. The third kappa shape index (κ3) is 4.41. The van der Waals surface area contributed by atoms with Gasteiger partial charge in [-0.3, -0.25) is 13.6 Å². The van der Waals surface area contributed by atoms with Gasteiger partial charge >= 0.3 is 13.8 Å². The van der Waals surface area contributed by atoms with Crippen molar-refractivity contribution in [3.05, 3.63) is 12.0 Å². The smallest absolute Gasteiger partial charge is 0.461 e. The number of esters is 1. The predicted octanol–water partition coefficient (Wildman–Crippen LogP) is -0.585. The number of carbonyl (C=O) groups is 1. The third-order valence-corrected chi connectivity index (χ3v) is 4.67. The first-order valence-electron chi connectivity index (χ1n) is 7.84. The Morgan fingerprint density at radius 2 is 2.04 bits per heavy atom. The first kappa shape index (κ1) is 20.8. The van der Waals surface area contributed by atoms with Crippen molar-refractivity contribution in [3.8, 4) is 0 Å². The summed E-state index contributed by atoms with van der Waals surface area (Å²) in [6.45, 7) is 2.71. The second-order valence-corrected chi connectivity index (χ2v) is 6.79. The van der Waals surface area contributed by atoms with Gasteiger partial charge in [0.05, 0.1) is 26.1 Å². The van der Waals surface area contributed by atoms with E-state index in [-0.39, 0.29) is 24.7 Å². The number of phosphoric acid groups is 1. The first-order chi connectivity index (χ1) is 12.2. The van der Waals surface area contributed by atoms with Gasteiger partial charge in [0.15, 0.2) is 11.9 Å².